The van der Waals surface area contributed by atoms with Crippen LogP contribution in [0.3, 0.4) is 0 Å². The van der Waals surface area contributed by atoms with Crippen LogP contribution in [0.15, 0.2) is 18.2 Å². The molecular weight excluding hydrogens is 140 g/mol. The molecule has 0 aliphatic carbocycles. The van der Waals surface area contributed by atoms with Gasteiger partial charge in [-0.05, 0) is 19.1 Å². The number of aryl methyl sites for hydroxylation is 1. The van der Waals surface area contributed by atoms with Gasteiger partial charge >= 0.3 is 0 Å². The molecule has 0 atom stereocenters. The third kappa shape index (κ3) is 0.852. The number of aromatic nitrogens is 2. The van der Waals surface area contributed by atoms with Crippen molar-refractivity contribution in [2.24, 2.45) is 0 Å². The highest BCUT2D eigenvalue weighted by Crippen LogP contribution is 2.20. The summed E-state index contributed by atoms with van der Waals surface area (Å²) in [6, 6.07) is 5.30. The zero-order chi connectivity index (χ0) is 7.84. The molecule has 0 fully saturated rings. The molecule has 0 spiro atoms. The molecule has 2 rings (SSSR count). The fourth-order valence-corrected chi connectivity index (χ4v) is 1.14. The molecule has 2 aromatic rings. The fraction of sp³-hybridized carbons (Fsp3) is 0.125. The van der Waals surface area contributed by atoms with Crippen LogP contribution in [0, 0.1) is 6.92 Å². The number of aromatic hydroxyl groups is 1. The quantitative estimate of drug-likeness (QED) is 0.595. The lowest BCUT2D eigenvalue weighted by molar-refractivity contribution is 0.480. The lowest BCUT2D eigenvalue weighted by Crippen LogP contribution is -1.69. The van der Waals surface area contributed by atoms with Crippen molar-refractivity contribution in [1.29, 1.82) is 0 Å². The average molecular weight is 148 g/mol. The second-order valence-electron chi connectivity index (χ2n) is 2.50. The van der Waals surface area contributed by atoms with E-state index in [0.717, 1.165) is 11.3 Å². The monoisotopic (exact) mass is 148 g/mol. The van der Waals surface area contributed by atoms with Crippen LogP contribution in [0.4, 0.5) is 0 Å². The third-order valence-corrected chi connectivity index (χ3v) is 1.61. The first-order valence-electron chi connectivity index (χ1n) is 3.41. The molecule has 0 radical (unpaired) electrons. The van der Waals surface area contributed by atoms with Crippen LogP contribution < -0.4 is 0 Å². The Hall–Kier alpha value is -1.51. The number of imidazole rings is 1. The van der Waals surface area contributed by atoms with Crippen molar-refractivity contribution in [3.05, 3.63) is 24.0 Å². The summed E-state index contributed by atoms with van der Waals surface area (Å²) < 4.78 is 0. The topological polar surface area (TPSA) is 48.9 Å². The van der Waals surface area contributed by atoms with E-state index in [0.29, 0.717) is 5.52 Å². The molecule has 0 saturated carbocycles. The second kappa shape index (κ2) is 1.99. The average Bonchev–Trinajstić information content (AvgIpc) is 2.31. The van der Waals surface area contributed by atoms with Gasteiger partial charge in [0.15, 0.2) is 0 Å². The highest BCUT2D eigenvalue weighted by molar-refractivity contribution is 5.81. The van der Waals surface area contributed by atoms with E-state index in [-0.39, 0.29) is 5.75 Å². The predicted molar refractivity (Wildman–Crippen MR) is 42.5 cm³/mol. The van der Waals surface area contributed by atoms with Crippen LogP contribution in [-0.2, 0) is 0 Å². The van der Waals surface area contributed by atoms with E-state index in [1.54, 1.807) is 12.1 Å². The van der Waals surface area contributed by atoms with Crippen molar-refractivity contribution < 1.29 is 5.11 Å². The Morgan fingerprint density at radius 3 is 3.00 bits per heavy atom. The molecule has 1 aromatic carbocycles. The summed E-state index contributed by atoms with van der Waals surface area (Å²) >= 11 is 0. The molecule has 1 aromatic heterocycles. The normalized spacial score (nSPS) is 10.6. The zero-order valence-corrected chi connectivity index (χ0v) is 6.13. The van der Waals surface area contributed by atoms with Gasteiger partial charge in [0.05, 0.1) is 5.52 Å². The van der Waals surface area contributed by atoms with Crippen LogP contribution in [0.25, 0.3) is 11.0 Å². The maximum atomic E-state index is 9.30. The number of hydrogen-bond donors (Lipinski definition) is 2. The van der Waals surface area contributed by atoms with E-state index in [1.807, 2.05) is 13.0 Å². The van der Waals surface area contributed by atoms with E-state index >= 15 is 0 Å². The minimum Gasteiger partial charge on any atom is -0.506 e. The van der Waals surface area contributed by atoms with Crippen LogP contribution in [0.1, 0.15) is 5.82 Å². The van der Waals surface area contributed by atoms with Gasteiger partial charge in [-0.2, -0.15) is 0 Å². The van der Waals surface area contributed by atoms with Crippen molar-refractivity contribution in [3.8, 4) is 5.75 Å². The second-order valence-corrected chi connectivity index (χ2v) is 2.50. The van der Waals surface area contributed by atoms with E-state index in [2.05, 4.69) is 9.97 Å². The molecule has 0 aliphatic heterocycles. The summed E-state index contributed by atoms with van der Waals surface area (Å²) in [7, 11) is 0. The first-order valence-corrected chi connectivity index (χ1v) is 3.41. The first-order chi connectivity index (χ1) is 5.27. The Kier molecular flexibility index (Phi) is 1.12. The summed E-state index contributed by atoms with van der Waals surface area (Å²) in [5.74, 6) is 1.05. The summed E-state index contributed by atoms with van der Waals surface area (Å²) in [6.45, 7) is 1.86. The van der Waals surface area contributed by atoms with Crippen molar-refractivity contribution >= 4 is 11.0 Å². The largest absolute Gasteiger partial charge is 0.506 e. The smallest absolute Gasteiger partial charge is 0.143 e. The first kappa shape index (κ1) is 6.22. The number of phenolic OH excluding ortho intramolecular Hbond substituents is 1. The van der Waals surface area contributed by atoms with Crippen molar-refractivity contribution in [3.63, 3.8) is 0 Å². The number of nitrogens with zero attached hydrogens (tertiary/aromatic N) is 1. The van der Waals surface area contributed by atoms with Gasteiger partial charge in [-0.15, -0.1) is 0 Å². The van der Waals surface area contributed by atoms with Gasteiger partial charge in [0.1, 0.15) is 17.1 Å². The predicted octanol–water partition coefficient (Wildman–Crippen LogP) is 1.58. The Labute approximate surface area is 63.7 Å². The molecule has 3 nitrogen and oxygen atoms in total. The molecule has 0 aliphatic rings. The summed E-state index contributed by atoms with van der Waals surface area (Å²) in [5, 5.41) is 9.30. The van der Waals surface area contributed by atoms with Gasteiger partial charge in [-0.1, -0.05) is 6.07 Å². The minimum absolute atomic E-state index is 0.229. The number of para-hydroxylation sites is 1. The number of aromatic amines is 1. The van der Waals surface area contributed by atoms with Gasteiger partial charge in [-0.25, -0.2) is 4.98 Å². The van der Waals surface area contributed by atoms with Gasteiger partial charge in [0.25, 0.3) is 0 Å². The Morgan fingerprint density at radius 2 is 2.27 bits per heavy atom. The van der Waals surface area contributed by atoms with Crippen LogP contribution in [-0.4, -0.2) is 15.1 Å². The lowest BCUT2D eigenvalue weighted by Gasteiger charge is -1.89. The zero-order valence-electron chi connectivity index (χ0n) is 6.13. The summed E-state index contributed by atoms with van der Waals surface area (Å²) in [6.07, 6.45) is 0. The molecule has 0 saturated heterocycles. The highest BCUT2D eigenvalue weighted by Gasteiger charge is 2.01. The molecule has 0 amide bonds. The van der Waals surface area contributed by atoms with Crippen molar-refractivity contribution in [2.45, 2.75) is 6.92 Å². The molecule has 56 valence electrons. The fourth-order valence-electron chi connectivity index (χ4n) is 1.14. The van der Waals surface area contributed by atoms with Gasteiger partial charge < -0.3 is 10.1 Å². The summed E-state index contributed by atoms with van der Waals surface area (Å²) in [4.78, 5) is 7.14. The third-order valence-electron chi connectivity index (χ3n) is 1.61. The number of benzene rings is 1. The van der Waals surface area contributed by atoms with E-state index in [1.165, 1.54) is 0 Å². The van der Waals surface area contributed by atoms with Crippen LogP contribution in [0.2, 0.25) is 0 Å². The lowest BCUT2D eigenvalue weighted by atomic mass is 10.3. The maximum Gasteiger partial charge on any atom is 0.143 e. The number of H-pyrrole nitrogens is 1. The highest BCUT2D eigenvalue weighted by atomic mass is 16.3. The molecule has 0 unspecified atom stereocenters. The number of fused-ring (bicyclic) bond motifs is 1. The van der Waals surface area contributed by atoms with Crippen LogP contribution in [0.5, 0.6) is 5.75 Å². The Bertz CT molecular complexity index is 392. The number of phenols is 1. The molecule has 1 heterocycles. The molecule has 0 bridgehead atoms. The molecular formula is C8H8N2O. The maximum absolute atomic E-state index is 9.30. The summed E-state index contributed by atoms with van der Waals surface area (Å²) in [5.41, 5.74) is 1.52. The number of rotatable bonds is 0. The van der Waals surface area contributed by atoms with Gasteiger partial charge in [0, 0.05) is 0 Å². The van der Waals surface area contributed by atoms with E-state index < -0.39 is 0 Å². The molecule has 11 heavy (non-hydrogen) atoms. The van der Waals surface area contributed by atoms with Gasteiger partial charge in [0.2, 0.25) is 0 Å². The molecule has 3 heteroatoms. The van der Waals surface area contributed by atoms with Crippen molar-refractivity contribution in [1.82, 2.24) is 9.97 Å². The number of nitrogens with one attached hydrogen (secondary N) is 1. The minimum atomic E-state index is 0.229. The number of hydrogen-bond acceptors (Lipinski definition) is 2. The standard InChI is InChI=1S/C8H8N2O/c1-5-9-6-3-2-4-7(11)8(6)10-5/h2-4,11H,1H3,(H,9,10). The van der Waals surface area contributed by atoms with Crippen LogP contribution >= 0.6 is 0 Å². The van der Waals surface area contributed by atoms with Crippen molar-refractivity contribution in [2.75, 3.05) is 0 Å². The van der Waals surface area contributed by atoms with Gasteiger partial charge in [-0.3, -0.25) is 0 Å². The van der Waals surface area contributed by atoms with E-state index in [4.69, 9.17) is 0 Å². The SMILES string of the molecule is Cc1nc2c(O)cccc2[nH]1. The molecule has 2 N–H and O–H groups in total. The Balaban J connectivity index is 2.90. The van der Waals surface area contributed by atoms with E-state index in [9.17, 15) is 5.11 Å². The Morgan fingerprint density at radius 1 is 1.45 bits per heavy atom.